The highest BCUT2D eigenvalue weighted by Gasteiger charge is 2.14. The number of hydrogen-bond acceptors (Lipinski definition) is 2. The van der Waals surface area contributed by atoms with Crippen LogP contribution in [0.1, 0.15) is 27.2 Å². The van der Waals surface area contributed by atoms with Gasteiger partial charge in [0, 0.05) is 7.11 Å². The predicted molar refractivity (Wildman–Crippen MR) is 46.8 cm³/mol. The average molecular weight is 160 g/mol. The van der Waals surface area contributed by atoms with Crippen LogP contribution in [0.3, 0.4) is 0 Å². The molecule has 2 heteroatoms. The number of methoxy groups -OCH3 is 1. The van der Waals surface area contributed by atoms with Crippen molar-refractivity contribution in [2.45, 2.75) is 27.2 Å². The van der Waals surface area contributed by atoms with E-state index in [1.165, 1.54) is 0 Å². The highest BCUT2D eigenvalue weighted by Crippen LogP contribution is 2.19. The molecule has 2 nitrogen and oxygen atoms in total. The Morgan fingerprint density at radius 2 is 1.82 bits per heavy atom. The maximum atomic E-state index is 5.40. The zero-order valence-electron chi connectivity index (χ0n) is 8.14. The molecule has 0 aliphatic carbocycles. The fraction of sp³-hybridized carbons (Fsp3) is 1.00. The van der Waals surface area contributed by atoms with E-state index < -0.39 is 0 Å². The van der Waals surface area contributed by atoms with Crippen molar-refractivity contribution in [1.29, 1.82) is 0 Å². The van der Waals surface area contributed by atoms with Gasteiger partial charge in [-0.05, 0) is 11.8 Å². The maximum absolute atomic E-state index is 5.40. The zero-order chi connectivity index (χ0) is 8.74. The van der Waals surface area contributed by atoms with Crippen molar-refractivity contribution < 1.29 is 9.47 Å². The van der Waals surface area contributed by atoms with Crippen molar-refractivity contribution in [1.82, 2.24) is 0 Å². The summed E-state index contributed by atoms with van der Waals surface area (Å²) >= 11 is 0. The zero-order valence-corrected chi connectivity index (χ0v) is 8.14. The van der Waals surface area contributed by atoms with Gasteiger partial charge >= 0.3 is 0 Å². The fourth-order valence-electron chi connectivity index (χ4n) is 0.593. The van der Waals surface area contributed by atoms with Gasteiger partial charge in [-0.25, -0.2) is 0 Å². The van der Waals surface area contributed by atoms with Crippen LogP contribution in [0.25, 0.3) is 0 Å². The van der Waals surface area contributed by atoms with Gasteiger partial charge in [-0.3, -0.25) is 0 Å². The summed E-state index contributed by atoms with van der Waals surface area (Å²) in [4.78, 5) is 0. The summed E-state index contributed by atoms with van der Waals surface area (Å²) in [5, 5.41) is 0. The molecular weight excluding hydrogens is 140 g/mol. The van der Waals surface area contributed by atoms with Crippen LogP contribution in [0, 0.1) is 5.41 Å². The summed E-state index contributed by atoms with van der Waals surface area (Å²) in [5.41, 5.74) is 0.313. The smallest absolute Gasteiger partial charge is 0.0700 e. The minimum Gasteiger partial charge on any atom is -0.382 e. The van der Waals surface area contributed by atoms with Crippen LogP contribution in [0.4, 0.5) is 0 Å². The predicted octanol–water partition coefficient (Wildman–Crippen LogP) is 2.09. The summed E-state index contributed by atoms with van der Waals surface area (Å²) in [6, 6.07) is 0. The van der Waals surface area contributed by atoms with Crippen LogP contribution in [0.15, 0.2) is 0 Å². The first-order valence-electron chi connectivity index (χ1n) is 4.19. The van der Waals surface area contributed by atoms with Crippen molar-refractivity contribution in [2.24, 2.45) is 5.41 Å². The van der Waals surface area contributed by atoms with Gasteiger partial charge in [0.15, 0.2) is 0 Å². The van der Waals surface area contributed by atoms with E-state index in [4.69, 9.17) is 9.47 Å². The van der Waals surface area contributed by atoms with Crippen LogP contribution in [-0.4, -0.2) is 26.9 Å². The van der Waals surface area contributed by atoms with Gasteiger partial charge in [0.2, 0.25) is 0 Å². The third-order valence-electron chi connectivity index (χ3n) is 1.88. The van der Waals surface area contributed by atoms with E-state index in [0.29, 0.717) is 18.6 Å². The monoisotopic (exact) mass is 160 g/mol. The highest BCUT2D eigenvalue weighted by atomic mass is 16.5. The minimum absolute atomic E-state index is 0.313. The van der Waals surface area contributed by atoms with Crippen molar-refractivity contribution in [2.75, 3.05) is 26.9 Å². The first-order chi connectivity index (χ1) is 5.12. The molecule has 0 bridgehead atoms. The second-order valence-electron chi connectivity index (χ2n) is 3.56. The van der Waals surface area contributed by atoms with E-state index in [1.54, 1.807) is 7.11 Å². The van der Waals surface area contributed by atoms with Gasteiger partial charge in [-0.15, -0.1) is 0 Å². The highest BCUT2D eigenvalue weighted by molar-refractivity contribution is 4.64. The summed E-state index contributed by atoms with van der Waals surface area (Å²) in [6.07, 6.45) is 1.15. The number of hydrogen-bond donors (Lipinski definition) is 0. The van der Waals surface area contributed by atoms with Gasteiger partial charge in [-0.2, -0.15) is 0 Å². The van der Waals surface area contributed by atoms with Crippen molar-refractivity contribution in [3.63, 3.8) is 0 Å². The lowest BCUT2D eigenvalue weighted by Crippen LogP contribution is -2.19. The van der Waals surface area contributed by atoms with Crippen molar-refractivity contribution in [3.05, 3.63) is 0 Å². The number of ether oxygens (including phenoxy) is 2. The number of rotatable bonds is 6. The molecule has 0 spiro atoms. The molecule has 0 aromatic carbocycles. The molecule has 0 radical (unpaired) electrons. The second-order valence-corrected chi connectivity index (χ2v) is 3.56. The molecule has 0 amide bonds. The molecular formula is C9H20O2. The molecule has 0 heterocycles. The Balaban J connectivity index is 3.23. The maximum Gasteiger partial charge on any atom is 0.0700 e. The van der Waals surface area contributed by atoms with E-state index in [-0.39, 0.29) is 0 Å². The van der Waals surface area contributed by atoms with E-state index in [9.17, 15) is 0 Å². The lowest BCUT2D eigenvalue weighted by Gasteiger charge is -2.21. The van der Waals surface area contributed by atoms with Crippen LogP contribution < -0.4 is 0 Å². The molecule has 0 unspecified atom stereocenters. The summed E-state index contributed by atoms with van der Waals surface area (Å²) in [5.74, 6) is 0. The third-order valence-corrected chi connectivity index (χ3v) is 1.88. The fourth-order valence-corrected chi connectivity index (χ4v) is 0.593. The Bertz CT molecular complexity index is 89.6. The topological polar surface area (TPSA) is 18.5 Å². The molecule has 0 atom stereocenters. The van der Waals surface area contributed by atoms with E-state index in [2.05, 4.69) is 20.8 Å². The van der Waals surface area contributed by atoms with E-state index >= 15 is 0 Å². The quantitative estimate of drug-likeness (QED) is 0.554. The Labute approximate surface area is 69.9 Å². The summed E-state index contributed by atoms with van der Waals surface area (Å²) in [7, 11) is 1.69. The van der Waals surface area contributed by atoms with Gasteiger partial charge in [0.25, 0.3) is 0 Å². The average Bonchev–Trinajstić information content (AvgIpc) is 1.99. The van der Waals surface area contributed by atoms with Gasteiger partial charge in [0.1, 0.15) is 0 Å². The van der Waals surface area contributed by atoms with Crippen molar-refractivity contribution in [3.8, 4) is 0 Å². The molecule has 0 saturated carbocycles. The molecule has 11 heavy (non-hydrogen) atoms. The van der Waals surface area contributed by atoms with Crippen LogP contribution in [0.2, 0.25) is 0 Å². The van der Waals surface area contributed by atoms with Crippen molar-refractivity contribution >= 4 is 0 Å². The Morgan fingerprint density at radius 1 is 1.18 bits per heavy atom. The van der Waals surface area contributed by atoms with Crippen LogP contribution in [0.5, 0.6) is 0 Å². The first-order valence-corrected chi connectivity index (χ1v) is 4.19. The molecule has 0 rings (SSSR count). The van der Waals surface area contributed by atoms with Gasteiger partial charge < -0.3 is 9.47 Å². The summed E-state index contributed by atoms with van der Waals surface area (Å²) in [6.45, 7) is 8.83. The SMILES string of the molecule is CCC(C)(C)COCCOC. The lowest BCUT2D eigenvalue weighted by molar-refractivity contribution is 0.0266. The Morgan fingerprint density at radius 3 is 2.27 bits per heavy atom. The lowest BCUT2D eigenvalue weighted by atomic mass is 9.92. The third kappa shape index (κ3) is 6.32. The molecule has 0 aliphatic rings. The van der Waals surface area contributed by atoms with Gasteiger partial charge in [-0.1, -0.05) is 20.8 Å². The minimum atomic E-state index is 0.313. The molecule has 0 aromatic heterocycles. The summed E-state index contributed by atoms with van der Waals surface area (Å²) < 4.78 is 10.3. The Hall–Kier alpha value is -0.0800. The molecule has 0 fully saturated rings. The molecule has 0 saturated heterocycles. The van der Waals surface area contributed by atoms with E-state index in [1.807, 2.05) is 0 Å². The largest absolute Gasteiger partial charge is 0.382 e. The second kappa shape index (κ2) is 5.56. The van der Waals surface area contributed by atoms with Crippen LogP contribution >= 0.6 is 0 Å². The normalized spacial score (nSPS) is 12.0. The van der Waals surface area contributed by atoms with Crippen LogP contribution in [-0.2, 0) is 9.47 Å². The molecule has 0 aromatic rings. The molecule has 68 valence electrons. The van der Waals surface area contributed by atoms with Gasteiger partial charge in [0.05, 0.1) is 19.8 Å². The Kier molecular flexibility index (Phi) is 5.51. The standard InChI is InChI=1S/C9H20O2/c1-5-9(2,3)8-11-7-6-10-4/h5-8H2,1-4H3. The molecule has 0 N–H and O–H groups in total. The van der Waals surface area contributed by atoms with E-state index in [0.717, 1.165) is 13.0 Å². The molecule has 0 aliphatic heterocycles. The first kappa shape index (κ1) is 10.9.